The summed E-state index contributed by atoms with van der Waals surface area (Å²) < 4.78 is 10.4. The summed E-state index contributed by atoms with van der Waals surface area (Å²) in [4.78, 5) is 18.4. The number of hydrogen-bond acceptors (Lipinski definition) is 4. The number of ether oxygens (including phenoxy) is 2. The highest BCUT2D eigenvalue weighted by Crippen LogP contribution is 2.51. The fourth-order valence-corrected chi connectivity index (χ4v) is 3.94. The van der Waals surface area contributed by atoms with Crippen molar-refractivity contribution in [2.75, 3.05) is 34.4 Å². The monoisotopic (exact) mass is 359 g/mol. The predicted octanol–water partition coefficient (Wildman–Crippen LogP) is 2.19. The minimum Gasteiger partial charge on any atom is -0.496 e. The van der Waals surface area contributed by atoms with Crippen LogP contribution in [0.1, 0.15) is 31.7 Å². The highest BCUT2D eigenvalue weighted by atomic mass is 16.5. The Kier molecular flexibility index (Phi) is 5.39. The molecule has 142 valence electrons. The number of piperidine rings is 1. The Bertz CT molecular complexity index is 683. The van der Waals surface area contributed by atoms with Crippen LogP contribution in [0.25, 0.3) is 0 Å². The summed E-state index contributed by atoms with van der Waals surface area (Å²) in [7, 11) is 5.00. The van der Waals surface area contributed by atoms with Crippen LogP contribution in [-0.2, 0) is 14.9 Å². The van der Waals surface area contributed by atoms with E-state index < -0.39 is 0 Å². The molecule has 2 atom stereocenters. The molecule has 6 nitrogen and oxygen atoms in total. The third-order valence-corrected chi connectivity index (χ3v) is 5.80. The van der Waals surface area contributed by atoms with Gasteiger partial charge in [0, 0.05) is 37.2 Å². The Morgan fingerprint density at radius 3 is 2.58 bits per heavy atom. The molecule has 26 heavy (non-hydrogen) atoms. The number of guanidine groups is 1. The summed E-state index contributed by atoms with van der Waals surface area (Å²) in [6, 6.07) is 8.55. The minimum atomic E-state index is -0.0986. The molecule has 3 rings (SSSR count). The number of hydrogen-bond donors (Lipinski definition) is 1. The first-order valence-corrected chi connectivity index (χ1v) is 9.23. The molecule has 0 amide bonds. The van der Waals surface area contributed by atoms with E-state index in [9.17, 15) is 4.79 Å². The van der Waals surface area contributed by atoms with Gasteiger partial charge in [-0.15, -0.1) is 0 Å². The van der Waals surface area contributed by atoms with Crippen LogP contribution < -0.4 is 10.1 Å². The standard InChI is InChI=1S/C20H29N3O3/c1-20(15-7-5-6-8-16(15)25-3)13-17(20)22-19(21-2)23-11-9-14(10-12-23)18(24)26-4/h5-8,14,17H,9-13H2,1-4H3,(H,21,22). The molecule has 1 aromatic rings. The molecular formula is C20H29N3O3. The second kappa shape index (κ2) is 7.56. The van der Waals surface area contributed by atoms with E-state index in [1.807, 2.05) is 19.2 Å². The Labute approximate surface area is 155 Å². The molecule has 0 bridgehead atoms. The van der Waals surface area contributed by atoms with Crippen LogP contribution in [0, 0.1) is 5.92 Å². The van der Waals surface area contributed by atoms with Crippen molar-refractivity contribution in [3.63, 3.8) is 0 Å². The van der Waals surface area contributed by atoms with E-state index in [0.29, 0.717) is 6.04 Å². The Hall–Kier alpha value is -2.24. The van der Waals surface area contributed by atoms with Crippen molar-refractivity contribution in [3.05, 3.63) is 29.8 Å². The topological polar surface area (TPSA) is 63.2 Å². The molecule has 1 N–H and O–H groups in total. The molecule has 0 aromatic heterocycles. The van der Waals surface area contributed by atoms with Crippen molar-refractivity contribution < 1.29 is 14.3 Å². The van der Waals surface area contributed by atoms with Crippen molar-refractivity contribution in [3.8, 4) is 5.75 Å². The second-order valence-electron chi connectivity index (χ2n) is 7.35. The minimum absolute atomic E-state index is 0.00845. The van der Waals surface area contributed by atoms with Gasteiger partial charge in [-0.3, -0.25) is 9.79 Å². The van der Waals surface area contributed by atoms with Gasteiger partial charge in [0.05, 0.1) is 20.1 Å². The van der Waals surface area contributed by atoms with E-state index in [4.69, 9.17) is 9.47 Å². The zero-order valence-electron chi connectivity index (χ0n) is 16.1. The Morgan fingerprint density at radius 1 is 1.27 bits per heavy atom. The number of nitrogens with one attached hydrogen (secondary N) is 1. The maximum atomic E-state index is 11.7. The number of aliphatic imine (C=N–C) groups is 1. The maximum Gasteiger partial charge on any atom is 0.308 e. The fourth-order valence-electron chi connectivity index (χ4n) is 3.94. The fraction of sp³-hybridized carbons (Fsp3) is 0.600. The van der Waals surface area contributed by atoms with Crippen LogP contribution in [-0.4, -0.2) is 57.2 Å². The number of rotatable bonds is 4. The summed E-state index contributed by atoms with van der Waals surface area (Å²) in [5, 5.41) is 3.61. The number of likely N-dealkylation sites (tertiary alicyclic amines) is 1. The summed E-state index contributed by atoms with van der Waals surface area (Å²) >= 11 is 0. The van der Waals surface area contributed by atoms with Gasteiger partial charge in [0.25, 0.3) is 0 Å². The number of nitrogens with zero attached hydrogens (tertiary/aromatic N) is 2. The van der Waals surface area contributed by atoms with Gasteiger partial charge in [-0.1, -0.05) is 25.1 Å². The first-order chi connectivity index (χ1) is 12.5. The number of para-hydroxylation sites is 1. The maximum absolute atomic E-state index is 11.7. The summed E-state index contributed by atoms with van der Waals surface area (Å²) in [5.41, 5.74) is 1.28. The van der Waals surface area contributed by atoms with E-state index in [1.165, 1.54) is 12.7 Å². The lowest BCUT2D eigenvalue weighted by Crippen LogP contribution is -2.48. The molecule has 1 aliphatic heterocycles. The van der Waals surface area contributed by atoms with Crippen LogP contribution in [0.5, 0.6) is 5.75 Å². The zero-order valence-corrected chi connectivity index (χ0v) is 16.1. The van der Waals surface area contributed by atoms with Crippen molar-refractivity contribution in [1.29, 1.82) is 0 Å². The summed E-state index contributed by atoms with van der Waals surface area (Å²) in [5.74, 6) is 1.76. The highest BCUT2D eigenvalue weighted by molar-refractivity contribution is 5.81. The molecule has 2 aliphatic rings. The van der Waals surface area contributed by atoms with Gasteiger partial charge < -0.3 is 19.7 Å². The summed E-state index contributed by atoms with van der Waals surface area (Å²) in [6.45, 7) is 3.90. The Morgan fingerprint density at radius 2 is 1.96 bits per heavy atom. The van der Waals surface area contributed by atoms with E-state index in [0.717, 1.165) is 44.1 Å². The van der Waals surface area contributed by atoms with Gasteiger partial charge in [-0.2, -0.15) is 0 Å². The number of carbonyl (C=O) groups excluding carboxylic acids is 1. The number of carbonyl (C=O) groups is 1. The average molecular weight is 359 g/mol. The number of benzene rings is 1. The molecule has 1 saturated heterocycles. The largest absolute Gasteiger partial charge is 0.496 e. The molecule has 0 radical (unpaired) electrons. The number of esters is 1. The van der Waals surface area contributed by atoms with E-state index >= 15 is 0 Å². The quantitative estimate of drug-likeness (QED) is 0.507. The molecule has 1 aromatic carbocycles. The van der Waals surface area contributed by atoms with Crippen LogP contribution >= 0.6 is 0 Å². The van der Waals surface area contributed by atoms with Crippen LogP contribution in [0.2, 0.25) is 0 Å². The first kappa shape index (κ1) is 18.5. The molecule has 6 heteroatoms. The van der Waals surface area contributed by atoms with Gasteiger partial charge in [-0.05, 0) is 25.3 Å². The normalized spacial score (nSPS) is 26.4. The van der Waals surface area contributed by atoms with Crippen molar-refractivity contribution in [2.45, 2.75) is 37.6 Å². The lowest BCUT2D eigenvalue weighted by atomic mass is 9.96. The van der Waals surface area contributed by atoms with E-state index in [1.54, 1.807) is 7.11 Å². The van der Waals surface area contributed by atoms with Gasteiger partial charge in [0.15, 0.2) is 5.96 Å². The molecule has 1 heterocycles. The van der Waals surface area contributed by atoms with Crippen LogP contribution in [0.4, 0.5) is 0 Å². The van der Waals surface area contributed by atoms with Crippen molar-refractivity contribution in [1.82, 2.24) is 10.2 Å². The Balaban J connectivity index is 1.61. The van der Waals surface area contributed by atoms with E-state index in [2.05, 4.69) is 34.3 Å². The lowest BCUT2D eigenvalue weighted by molar-refractivity contribution is -0.146. The van der Waals surface area contributed by atoms with Crippen LogP contribution in [0.3, 0.4) is 0 Å². The van der Waals surface area contributed by atoms with Crippen molar-refractivity contribution >= 4 is 11.9 Å². The van der Waals surface area contributed by atoms with Gasteiger partial charge in [0.1, 0.15) is 5.75 Å². The third-order valence-electron chi connectivity index (χ3n) is 5.80. The molecule has 2 fully saturated rings. The molecular weight excluding hydrogens is 330 g/mol. The first-order valence-electron chi connectivity index (χ1n) is 9.23. The van der Waals surface area contributed by atoms with Gasteiger partial charge in [-0.25, -0.2) is 0 Å². The number of methoxy groups -OCH3 is 2. The second-order valence-corrected chi connectivity index (χ2v) is 7.35. The lowest BCUT2D eigenvalue weighted by Gasteiger charge is -2.33. The third kappa shape index (κ3) is 3.50. The zero-order chi connectivity index (χ0) is 18.7. The molecule has 2 unspecified atom stereocenters. The van der Waals surface area contributed by atoms with E-state index in [-0.39, 0.29) is 17.3 Å². The van der Waals surface area contributed by atoms with Crippen molar-refractivity contribution in [2.24, 2.45) is 10.9 Å². The SMILES string of the molecule is CN=C(NC1CC1(C)c1ccccc1OC)N1CCC(C(=O)OC)CC1. The summed E-state index contributed by atoms with van der Waals surface area (Å²) in [6.07, 6.45) is 2.66. The smallest absolute Gasteiger partial charge is 0.308 e. The van der Waals surface area contributed by atoms with Gasteiger partial charge >= 0.3 is 5.97 Å². The molecule has 0 spiro atoms. The molecule has 1 saturated carbocycles. The predicted molar refractivity (Wildman–Crippen MR) is 102 cm³/mol. The molecule has 1 aliphatic carbocycles. The average Bonchev–Trinajstić information content (AvgIpc) is 3.36. The van der Waals surface area contributed by atoms with Gasteiger partial charge in [0.2, 0.25) is 0 Å². The van der Waals surface area contributed by atoms with Crippen LogP contribution in [0.15, 0.2) is 29.3 Å². The highest BCUT2D eigenvalue weighted by Gasteiger charge is 2.53.